The summed E-state index contributed by atoms with van der Waals surface area (Å²) >= 11 is 0. The first-order valence-corrected chi connectivity index (χ1v) is 9.92. The Kier molecular flexibility index (Phi) is 4.08. The van der Waals surface area contributed by atoms with Gasteiger partial charge in [0.2, 0.25) is 10.0 Å². The summed E-state index contributed by atoms with van der Waals surface area (Å²) in [7, 11) is -3.61. The first kappa shape index (κ1) is 16.9. The highest BCUT2D eigenvalue weighted by atomic mass is 32.2. The van der Waals surface area contributed by atoms with E-state index in [4.69, 9.17) is 0 Å². The van der Waals surface area contributed by atoms with E-state index < -0.39 is 10.0 Å². The van der Waals surface area contributed by atoms with Gasteiger partial charge in [0.05, 0.1) is 15.9 Å². The van der Waals surface area contributed by atoms with Gasteiger partial charge in [0.25, 0.3) is 0 Å². The molecule has 8 heteroatoms. The van der Waals surface area contributed by atoms with Crippen LogP contribution in [0.2, 0.25) is 0 Å². The molecule has 0 saturated carbocycles. The number of hydrogen-bond donors (Lipinski definition) is 2. The van der Waals surface area contributed by atoms with Crippen LogP contribution in [0, 0.1) is 6.92 Å². The second-order valence-corrected chi connectivity index (χ2v) is 8.38. The van der Waals surface area contributed by atoms with E-state index in [9.17, 15) is 13.2 Å². The monoisotopic (exact) mass is 372 g/mol. The number of anilines is 1. The number of imidazole rings is 1. The van der Waals surface area contributed by atoms with Gasteiger partial charge in [0, 0.05) is 31.9 Å². The molecule has 3 aromatic rings. The minimum Gasteiger partial charge on any atom is -0.369 e. The molecular weight excluding hydrogens is 352 g/mol. The molecular formula is C18H20N4O3S. The summed E-state index contributed by atoms with van der Waals surface area (Å²) in [5, 5.41) is 0. The molecule has 2 heterocycles. The SMILES string of the molecule is Cc1cc2[nH]c(=O)[nH]c2cc1S(=O)(=O)N1CCN(c2ccccc2)CC1. The van der Waals surface area contributed by atoms with Gasteiger partial charge in [0.15, 0.2) is 0 Å². The maximum atomic E-state index is 13.1. The van der Waals surface area contributed by atoms with Crippen molar-refractivity contribution in [2.45, 2.75) is 11.8 Å². The van der Waals surface area contributed by atoms with Crippen molar-refractivity contribution in [1.29, 1.82) is 0 Å². The number of fused-ring (bicyclic) bond motifs is 1. The Morgan fingerprint density at radius 1 is 0.923 bits per heavy atom. The van der Waals surface area contributed by atoms with E-state index in [1.807, 2.05) is 30.3 Å². The maximum absolute atomic E-state index is 13.1. The number of H-pyrrole nitrogens is 2. The van der Waals surface area contributed by atoms with E-state index in [0.717, 1.165) is 5.69 Å². The lowest BCUT2D eigenvalue weighted by Crippen LogP contribution is -2.48. The van der Waals surface area contributed by atoms with Crippen molar-refractivity contribution >= 4 is 26.7 Å². The van der Waals surface area contributed by atoms with Crippen molar-refractivity contribution in [2.24, 2.45) is 0 Å². The molecule has 1 aromatic heterocycles. The quantitative estimate of drug-likeness (QED) is 0.732. The first-order chi connectivity index (χ1) is 12.4. The van der Waals surface area contributed by atoms with Crippen LogP contribution in [0.4, 0.5) is 5.69 Å². The van der Waals surface area contributed by atoms with Gasteiger partial charge in [0.1, 0.15) is 0 Å². The average Bonchev–Trinajstić information content (AvgIpc) is 3.00. The molecule has 0 unspecified atom stereocenters. The number of aromatic nitrogens is 2. The molecule has 7 nitrogen and oxygen atoms in total. The molecule has 1 fully saturated rings. The number of piperazine rings is 1. The van der Waals surface area contributed by atoms with E-state index in [2.05, 4.69) is 14.9 Å². The normalized spacial score (nSPS) is 16.3. The lowest BCUT2D eigenvalue weighted by molar-refractivity contribution is 0.384. The van der Waals surface area contributed by atoms with Gasteiger partial charge in [-0.15, -0.1) is 0 Å². The summed E-state index contributed by atoms with van der Waals surface area (Å²) in [5.74, 6) is 0. The minimum atomic E-state index is -3.61. The van der Waals surface area contributed by atoms with E-state index in [1.54, 1.807) is 19.1 Å². The highest BCUT2D eigenvalue weighted by Crippen LogP contribution is 2.25. The number of aryl methyl sites for hydroxylation is 1. The first-order valence-electron chi connectivity index (χ1n) is 8.48. The highest BCUT2D eigenvalue weighted by Gasteiger charge is 2.30. The van der Waals surface area contributed by atoms with Crippen LogP contribution >= 0.6 is 0 Å². The van der Waals surface area contributed by atoms with Crippen LogP contribution in [0.15, 0.2) is 52.2 Å². The third-order valence-electron chi connectivity index (χ3n) is 4.79. The Morgan fingerprint density at radius 2 is 1.54 bits per heavy atom. The predicted octanol–water partition coefficient (Wildman–Crippen LogP) is 1.68. The number of rotatable bonds is 3. The van der Waals surface area contributed by atoms with Crippen LogP contribution in [-0.2, 0) is 10.0 Å². The molecule has 0 radical (unpaired) electrons. The second kappa shape index (κ2) is 6.30. The third kappa shape index (κ3) is 2.91. The van der Waals surface area contributed by atoms with E-state index in [-0.39, 0.29) is 10.6 Å². The largest absolute Gasteiger partial charge is 0.369 e. The van der Waals surface area contributed by atoms with Crippen molar-refractivity contribution in [3.8, 4) is 0 Å². The molecule has 2 aromatic carbocycles. The van der Waals surface area contributed by atoms with Crippen molar-refractivity contribution in [3.63, 3.8) is 0 Å². The summed E-state index contributed by atoms with van der Waals surface area (Å²) in [6.45, 7) is 3.89. The van der Waals surface area contributed by atoms with Crippen molar-refractivity contribution in [2.75, 3.05) is 31.1 Å². The molecule has 1 aliphatic heterocycles. The van der Waals surface area contributed by atoms with Gasteiger partial charge in [-0.1, -0.05) is 18.2 Å². The zero-order valence-electron chi connectivity index (χ0n) is 14.4. The fourth-order valence-corrected chi connectivity index (χ4v) is 5.07. The van der Waals surface area contributed by atoms with Crippen LogP contribution < -0.4 is 10.6 Å². The molecule has 0 amide bonds. The van der Waals surface area contributed by atoms with Crippen molar-refractivity contribution in [3.05, 3.63) is 58.5 Å². The summed E-state index contributed by atoms with van der Waals surface area (Å²) in [4.78, 5) is 19.2. The highest BCUT2D eigenvalue weighted by molar-refractivity contribution is 7.89. The predicted molar refractivity (Wildman–Crippen MR) is 101 cm³/mol. The van der Waals surface area contributed by atoms with Gasteiger partial charge in [-0.2, -0.15) is 4.31 Å². The molecule has 0 aliphatic carbocycles. The molecule has 1 aliphatic rings. The summed E-state index contributed by atoms with van der Waals surface area (Å²) in [6.07, 6.45) is 0. The number of nitrogens with one attached hydrogen (secondary N) is 2. The molecule has 0 atom stereocenters. The van der Waals surface area contributed by atoms with Gasteiger partial charge in [-0.3, -0.25) is 0 Å². The second-order valence-electron chi connectivity index (χ2n) is 6.47. The standard InChI is InChI=1S/C18H20N4O3S/c1-13-11-15-16(20-18(23)19-15)12-17(13)26(24,25)22-9-7-21(8-10-22)14-5-3-2-4-6-14/h2-6,11-12H,7-10H2,1H3,(H2,19,20,23). The minimum absolute atomic E-state index is 0.244. The van der Waals surface area contributed by atoms with Crippen molar-refractivity contribution < 1.29 is 8.42 Å². The van der Waals surface area contributed by atoms with Gasteiger partial charge >= 0.3 is 5.69 Å². The van der Waals surface area contributed by atoms with Crippen LogP contribution in [0.25, 0.3) is 11.0 Å². The molecule has 26 heavy (non-hydrogen) atoms. The lowest BCUT2D eigenvalue weighted by Gasteiger charge is -2.35. The fourth-order valence-electron chi connectivity index (χ4n) is 3.41. The molecule has 0 spiro atoms. The van der Waals surface area contributed by atoms with Crippen molar-refractivity contribution in [1.82, 2.24) is 14.3 Å². The Morgan fingerprint density at radius 3 is 2.19 bits per heavy atom. The molecule has 4 rings (SSSR count). The van der Waals surface area contributed by atoms with Gasteiger partial charge in [-0.05, 0) is 36.8 Å². The van der Waals surface area contributed by atoms with E-state index in [1.165, 1.54) is 4.31 Å². The number of benzene rings is 2. The number of sulfonamides is 1. The number of hydrogen-bond acceptors (Lipinski definition) is 4. The number of aromatic amines is 2. The summed E-state index contributed by atoms with van der Waals surface area (Å²) in [5.41, 5.74) is 2.50. The van der Waals surface area contributed by atoms with Crippen LogP contribution in [0.3, 0.4) is 0 Å². The molecule has 1 saturated heterocycles. The van der Waals surface area contributed by atoms with Gasteiger partial charge < -0.3 is 14.9 Å². The zero-order valence-corrected chi connectivity index (χ0v) is 15.2. The average molecular weight is 372 g/mol. The van der Waals surface area contributed by atoms with E-state index >= 15 is 0 Å². The maximum Gasteiger partial charge on any atom is 0.323 e. The summed E-state index contributed by atoms with van der Waals surface area (Å²) < 4.78 is 27.7. The van der Waals surface area contributed by atoms with E-state index in [0.29, 0.717) is 42.8 Å². The Bertz CT molecular complexity index is 1090. The zero-order chi connectivity index (χ0) is 18.3. The Hall–Kier alpha value is -2.58. The smallest absolute Gasteiger partial charge is 0.323 e. The Labute approximate surface area is 151 Å². The molecule has 0 bridgehead atoms. The Balaban J connectivity index is 1.60. The fraction of sp³-hybridized carbons (Fsp3) is 0.278. The third-order valence-corrected chi connectivity index (χ3v) is 6.83. The lowest BCUT2D eigenvalue weighted by atomic mass is 10.2. The van der Waals surface area contributed by atoms with Crippen LogP contribution in [0.1, 0.15) is 5.56 Å². The topological polar surface area (TPSA) is 89.3 Å². The number of para-hydroxylation sites is 1. The summed E-state index contributed by atoms with van der Waals surface area (Å²) in [6, 6.07) is 13.2. The molecule has 136 valence electrons. The van der Waals surface area contributed by atoms with Crippen LogP contribution in [-0.4, -0.2) is 48.9 Å². The molecule has 2 N–H and O–H groups in total. The van der Waals surface area contributed by atoms with Gasteiger partial charge in [-0.25, -0.2) is 13.2 Å². The number of nitrogens with zero attached hydrogens (tertiary/aromatic N) is 2. The van der Waals surface area contributed by atoms with Crippen LogP contribution in [0.5, 0.6) is 0 Å².